The maximum Gasteiger partial charge on any atom is 0.0546 e. The number of nitrogens with zero attached hydrogens (tertiary/aromatic N) is 1. The van der Waals surface area contributed by atoms with Gasteiger partial charge in [-0.05, 0) is 49.4 Å². The summed E-state index contributed by atoms with van der Waals surface area (Å²) in [4.78, 5) is 2.27. The molecular weight excluding hydrogens is 272 g/mol. The zero-order valence-electron chi connectivity index (χ0n) is 12.4. The standard InChI is InChI=1S/C16H25ClN2O/c1-3-6-18-10-13-4-5-14(17)9-16(13)19(2)11-12-7-15(20)8-12/h4-5,9,12,15,18,20H,3,6-8,10-11H2,1-2H3. The molecule has 112 valence electrons. The third-order valence-electron chi connectivity index (χ3n) is 3.94. The predicted molar refractivity (Wildman–Crippen MR) is 85.5 cm³/mol. The van der Waals surface area contributed by atoms with Crippen LogP contribution in [0.3, 0.4) is 0 Å². The Morgan fingerprint density at radius 3 is 2.80 bits per heavy atom. The van der Waals surface area contributed by atoms with Crippen LogP contribution in [0.2, 0.25) is 5.02 Å². The van der Waals surface area contributed by atoms with E-state index in [1.54, 1.807) is 0 Å². The molecule has 0 heterocycles. The van der Waals surface area contributed by atoms with Gasteiger partial charge in [0.25, 0.3) is 0 Å². The predicted octanol–water partition coefficient (Wildman–Crippen LogP) is 3.05. The lowest BCUT2D eigenvalue weighted by molar-refractivity contribution is 0.0464. The monoisotopic (exact) mass is 296 g/mol. The highest BCUT2D eigenvalue weighted by molar-refractivity contribution is 6.30. The summed E-state index contributed by atoms with van der Waals surface area (Å²) in [6.07, 6.45) is 2.90. The normalized spacial score (nSPS) is 21.6. The lowest BCUT2D eigenvalue weighted by Gasteiger charge is -2.36. The van der Waals surface area contributed by atoms with Crippen molar-refractivity contribution in [1.29, 1.82) is 0 Å². The molecule has 0 amide bonds. The Balaban J connectivity index is 2.01. The number of hydrogen-bond donors (Lipinski definition) is 2. The SMILES string of the molecule is CCCNCc1ccc(Cl)cc1N(C)CC1CC(O)C1. The molecule has 0 spiro atoms. The lowest BCUT2D eigenvalue weighted by atomic mass is 9.82. The molecular formula is C16H25ClN2O. The topological polar surface area (TPSA) is 35.5 Å². The molecule has 1 fully saturated rings. The first-order valence-electron chi connectivity index (χ1n) is 7.48. The van der Waals surface area contributed by atoms with E-state index in [1.807, 2.05) is 12.1 Å². The number of aliphatic hydroxyl groups is 1. The Kier molecular flexibility index (Phi) is 5.70. The van der Waals surface area contributed by atoms with Crippen molar-refractivity contribution in [1.82, 2.24) is 5.32 Å². The number of aliphatic hydroxyl groups excluding tert-OH is 1. The summed E-state index contributed by atoms with van der Waals surface area (Å²) in [7, 11) is 2.11. The van der Waals surface area contributed by atoms with Crippen molar-refractivity contribution in [3.05, 3.63) is 28.8 Å². The van der Waals surface area contributed by atoms with Crippen LogP contribution in [-0.2, 0) is 6.54 Å². The molecule has 0 bridgehead atoms. The van der Waals surface area contributed by atoms with E-state index in [9.17, 15) is 5.11 Å². The van der Waals surface area contributed by atoms with Crippen LogP contribution in [0, 0.1) is 5.92 Å². The Morgan fingerprint density at radius 1 is 1.40 bits per heavy atom. The minimum absolute atomic E-state index is 0.0848. The molecule has 0 unspecified atom stereocenters. The van der Waals surface area contributed by atoms with E-state index in [0.717, 1.165) is 43.9 Å². The third-order valence-corrected chi connectivity index (χ3v) is 4.18. The molecule has 0 aromatic heterocycles. The molecule has 4 heteroatoms. The van der Waals surface area contributed by atoms with Crippen LogP contribution in [0.25, 0.3) is 0 Å². The Labute approximate surface area is 126 Å². The van der Waals surface area contributed by atoms with E-state index in [1.165, 1.54) is 11.3 Å². The molecule has 1 aromatic rings. The van der Waals surface area contributed by atoms with Gasteiger partial charge in [0.05, 0.1) is 6.10 Å². The second-order valence-electron chi connectivity index (χ2n) is 5.82. The maximum absolute atomic E-state index is 9.39. The van der Waals surface area contributed by atoms with Crippen LogP contribution in [0.1, 0.15) is 31.7 Å². The van der Waals surface area contributed by atoms with Crippen LogP contribution < -0.4 is 10.2 Å². The van der Waals surface area contributed by atoms with Gasteiger partial charge in [-0.1, -0.05) is 24.6 Å². The Hall–Kier alpha value is -0.770. The van der Waals surface area contributed by atoms with Crippen molar-refractivity contribution in [2.75, 3.05) is 25.0 Å². The van der Waals surface area contributed by atoms with E-state index in [0.29, 0.717) is 5.92 Å². The van der Waals surface area contributed by atoms with Gasteiger partial charge in [-0.2, -0.15) is 0 Å². The number of halogens is 1. The summed E-state index contributed by atoms with van der Waals surface area (Å²) in [6.45, 7) is 5.06. The van der Waals surface area contributed by atoms with Gasteiger partial charge in [0, 0.05) is 30.8 Å². The van der Waals surface area contributed by atoms with Crippen molar-refractivity contribution in [2.24, 2.45) is 5.92 Å². The van der Waals surface area contributed by atoms with Gasteiger partial charge in [-0.25, -0.2) is 0 Å². The van der Waals surface area contributed by atoms with E-state index < -0.39 is 0 Å². The summed E-state index contributed by atoms with van der Waals surface area (Å²) in [5.41, 5.74) is 2.48. The highest BCUT2D eigenvalue weighted by Crippen LogP contribution is 2.31. The van der Waals surface area contributed by atoms with Gasteiger partial charge in [-0.15, -0.1) is 0 Å². The molecule has 0 saturated heterocycles. The number of rotatable bonds is 7. The highest BCUT2D eigenvalue weighted by atomic mass is 35.5. The zero-order chi connectivity index (χ0) is 14.5. The van der Waals surface area contributed by atoms with Crippen LogP contribution in [0.15, 0.2) is 18.2 Å². The minimum Gasteiger partial charge on any atom is -0.393 e. The molecule has 2 rings (SSSR count). The first-order chi connectivity index (χ1) is 9.60. The van der Waals surface area contributed by atoms with Crippen LogP contribution in [0.5, 0.6) is 0 Å². The fourth-order valence-electron chi connectivity index (χ4n) is 2.78. The van der Waals surface area contributed by atoms with Crippen LogP contribution in [0.4, 0.5) is 5.69 Å². The lowest BCUT2D eigenvalue weighted by Crippen LogP contribution is -2.37. The molecule has 1 saturated carbocycles. The van der Waals surface area contributed by atoms with Gasteiger partial charge in [0.1, 0.15) is 0 Å². The number of benzene rings is 1. The highest BCUT2D eigenvalue weighted by Gasteiger charge is 2.28. The molecule has 20 heavy (non-hydrogen) atoms. The third kappa shape index (κ3) is 4.11. The van der Waals surface area contributed by atoms with Gasteiger partial charge in [-0.3, -0.25) is 0 Å². The minimum atomic E-state index is -0.0848. The second-order valence-corrected chi connectivity index (χ2v) is 6.26. The Bertz CT molecular complexity index is 432. The van der Waals surface area contributed by atoms with E-state index in [-0.39, 0.29) is 6.10 Å². The summed E-state index contributed by atoms with van der Waals surface area (Å²) in [5, 5.41) is 13.6. The second kappa shape index (κ2) is 7.30. The fraction of sp³-hybridized carbons (Fsp3) is 0.625. The van der Waals surface area contributed by atoms with Crippen molar-refractivity contribution in [3.8, 4) is 0 Å². The average molecular weight is 297 g/mol. The summed E-state index contributed by atoms with van der Waals surface area (Å²) in [5.74, 6) is 0.602. The van der Waals surface area contributed by atoms with Gasteiger partial charge in [0.2, 0.25) is 0 Å². The molecule has 0 radical (unpaired) electrons. The molecule has 1 aliphatic rings. The maximum atomic E-state index is 9.39. The first kappa shape index (κ1) is 15.6. The Morgan fingerprint density at radius 2 is 2.15 bits per heavy atom. The van der Waals surface area contributed by atoms with E-state index in [2.05, 4.69) is 30.3 Å². The van der Waals surface area contributed by atoms with Gasteiger partial charge in [0.15, 0.2) is 0 Å². The van der Waals surface area contributed by atoms with Crippen molar-refractivity contribution in [2.45, 2.75) is 38.8 Å². The van der Waals surface area contributed by atoms with Crippen LogP contribution in [-0.4, -0.2) is 31.3 Å². The summed E-state index contributed by atoms with van der Waals surface area (Å²) >= 11 is 6.14. The molecule has 2 N–H and O–H groups in total. The zero-order valence-corrected chi connectivity index (χ0v) is 13.2. The summed E-state index contributed by atoms with van der Waals surface area (Å²) < 4.78 is 0. The quantitative estimate of drug-likeness (QED) is 0.759. The van der Waals surface area contributed by atoms with E-state index >= 15 is 0 Å². The van der Waals surface area contributed by atoms with Crippen molar-refractivity contribution >= 4 is 17.3 Å². The number of hydrogen-bond acceptors (Lipinski definition) is 3. The van der Waals surface area contributed by atoms with Gasteiger partial charge < -0.3 is 15.3 Å². The van der Waals surface area contributed by atoms with Gasteiger partial charge >= 0.3 is 0 Å². The number of anilines is 1. The molecule has 1 aromatic carbocycles. The molecule has 0 atom stereocenters. The first-order valence-corrected chi connectivity index (χ1v) is 7.86. The summed E-state index contributed by atoms with van der Waals surface area (Å²) in [6, 6.07) is 6.10. The van der Waals surface area contributed by atoms with Crippen molar-refractivity contribution in [3.63, 3.8) is 0 Å². The van der Waals surface area contributed by atoms with E-state index in [4.69, 9.17) is 11.6 Å². The smallest absolute Gasteiger partial charge is 0.0546 e. The van der Waals surface area contributed by atoms with Crippen molar-refractivity contribution < 1.29 is 5.11 Å². The molecule has 3 nitrogen and oxygen atoms in total. The average Bonchev–Trinajstić information content (AvgIpc) is 2.38. The molecule has 1 aliphatic carbocycles. The number of nitrogens with one attached hydrogen (secondary N) is 1. The fourth-order valence-corrected chi connectivity index (χ4v) is 2.94. The largest absolute Gasteiger partial charge is 0.393 e. The van der Waals surface area contributed by atoms with Crippen LogP contribution >= 0.6 is 11.6 Å². The molecule has 0 aliphatic heterocycles.